The number of hydrogen-bond donors (Lipinski definition) is 3. The zero-order valence-electron chi connectivity index (χ0n) is 23.4. The summed E-state index contributed by atoms with van der Waals surface area (Å²) in [5, 5.41) is 7.90. The second kappa shape index (κ2) is 10.8. The summed E-state index contributed by atoms with van der Waals surface area (Å²) in [6.07, 6.45) is -0.0174. The number of benzene rings is 2. The number of alkyl carbamates (subject to hydrolysis) is 1. The Labute approximate surface area is 242 Å². The number of fused-ring (bicyclic) bond motifs is 1. The van der Waals surface area contributed by atoms with Crippen LogP contribution in [0, 0.1) is 17.8 Å². The van der Waals surface area contributed by atoms with E-state index in [1.165, 1.54) is 4.90 Å². The molecule has 3 atom stereocenters. The molecule has 4 amide bonds. The molecule has 4 aliphatic rings. The molecule has 1 saturated heterocycles. The van der Waals surface area contributed by atoms with Gasteiger partial charge in [-0.25, -0.2) is 9.59 Å². The van der Waals surface area contributed by atoms with Gasteiger partial charge in [0, 0.05) is 5.69 Å². The van der Waals surface area contributed by atoms with Gasteiger partial charge >= 0.3 is 18.3 Å². The van der Waals surface area contributed by atoms with Crippen LogP contribution < -0.4 is 16.0 Å². The molecule has 3 aliphatic carbocycles. The largest absolute Gasteiger partial charge is 0.445 e. The third kappa shape index (κ3) is 5.78. The molecule has 8 nitrogen and oxygen atoms in total. The number of halogens is 3. The van der Waals surface area contributed by atoms with Crippen LogP contribution >= 0.6 is 0 Å². The Hall–Kier alpha value is -3.76. The molecule has 3 fully saturated rings. The highest BCUT2D eigenvalue weighted by Gasteiger charge is 2.53. The van der Waals surface area contributed by atoms with Crippen molar-refractivity contribution in [1.82, 2.24) is 15.5 Å². The Bertz CT molecular complexity index is 1350. The number of urea groups is 1. The lowest BCUT2D eigenvalue weighted by molar-refractivity contribution is -0.150. The molecular formula is C31H35F3N4O4. The van der Waals surface area contributed by atoms with Crippen molar-refractivity contribution in [3.63, 3.8) is 0 Å². The van der Waals surface area contributed by atoms with Crippen LogP contribution in [0.5, 0.6) is 0 Å². The summed E-state index contributed by atoms with van der Waals surface area (Å²) in [5.74, 6) is 0.483. The van der Waals surface area contributed by atoms with Crippen LogP contribution in [0.25, 0.3) is 0 Å². The molecule has 224 valence electrons. The van der Waals surface area contributed by atoms with Crippen LogP contribution in [0.2, 0.25) is 0 Å². The van der Waals surface area contributed by atoms with Crippen molar-refractivity contribution in [1.29, 1.82) is 0 Å². The monoisotopic (exact) mass is 584 g/mol. The number of carbonyl (C=O) groups is 3. The van der Waals surface area contributed by atoms with Crippen LogP contribution in [-0.2, 0) is 28.1 Å². The number of amides is 4. The van der Waals surface area contributed by atoms with Crippen molar-refractivity contribution in [2.24, 2.45) is 17.8 Å². The molecule has 1 unspecified atom stereocenters. The summed E-state index contributed by atoms with van der Waals surface area (Å²) in [6.45, 7) is 1.43. The van der Waals surface area contributed by atoms with Crippen molar-refractivity contribution < 1.29 is 32.3 Å². The van der Waals surface area contributed by atoms with Gasteiger partial charge < -0.3 is 25.6 Å². The first-order chi connectivity index (χ1) is 20.0. The first-order valence-corrected chi connectivity index (χ1v) is 14.6. The molecule has 0 radical (unpaired) electrons. The molecule has 42 heavy (non-hydrogen) atoms. The molecule has 6 rings (SSSR count). The van der Waals surface area contributed by atoms with E-state index < -0.39 is 42.5 Å². The summed E-state index contributed by atoms with van der Waals surface area (Å²) in [7, 11) is 0. The highest BCUT2D eigenvalue weighted by atomic mass is 19.4. The number of aryl methyl sites for hydroxylation is 1. The summed E-state index contributed by atoms with van der Waals surface area (Å²) in [5.41, 5.74) is 2.13. The van der Waals surface area contributed by atoms with Gasteiger partial charge in [-0.1, -0.05) is 36.4 Å². The zero-order chi connectivity index (χ0) is 29.6. The molecular weight excluding hydrogens is 549 g/mol. The van der Waals surface area contributed by atoms with E-state index in [1.54, 1.807) is 19.1 Å². The predicted molar refractivity (Wildman–Crippen MR) is 148 cm³/mol. The van der Waals surface area contributed by atoms with E-state index in [1.807, 2.05) is 36.4 Å². The van der Waals surface area contributed by atoms with Gasteiger partial charge in [0.2, 0.25) is 5.91 Å². The zero-order valence-corrected chi connectivity index (χ0v) is 23.4. The van der Waals surface area contributed by atoms with Gasteiger partial charge in [-0.3, -0.25) is 4.79 Å². The maximum absolute atomic E-state index is 13.7. The Kier molecular flexibility index (Phi) is 7.31. The molecule has 1 heterocycles. The molecule has 2 aromatic rings. The first-order valence-electron chi connectivity index (χ1n) is 14.6. The van der Waals surface area contributed by atoms with Crippen molar-refractivity contribution in [3.8, 4) is 0 Å². The summed E-state index contributed by atoms with van der Waals surface area (Å²) in [6, 6.07) is 11.3. The van der Waals surface area contributed by atoms with Crippen molar-refractivity contribution in [2.45, 2.75) is 75.9 Å². The van der Waals surface area contributed by atoms with Gasteiger partial charge in [-0.05, 0) is 92.0 Å². The van der Waals surface area contributed by atoms with E-state index in [-0.39, 0.29) is 18.4 Å². The van der Waals surface area contributed by atoms with Crippen LogP contribution in [0.15, 0.2) is 48.5 Å². The van der Waals surface area contributed by atoms with Gasteiger partial charge in [0.05, 0.1) is 12.1 Å². The fourth-order valence-corrected chi connectivity index (χ4v) is 6.69. The van der Waals surface area contributed by atoms with Crippen molar-refractivity contribution in [2.75, 3.05) is 11.9 Å². The molecule has 0 spiro atoms. The lowest BCUT2D eigenvalue weighted by Gasteiger charge is -2.35. The summed E-state index contributed by atoms with van der Waals surface area (Å²) in [4.78, 5) is 40.3. The normalized spacial score (nSPS) is 24.3. The van der Waals surface area contributed by atoms with Gasteiger partial charge in [0.25, 0.3) is 0 Å². The topological polar surface area (TPSA) is 99.8 Å². The maximum Gasteiger partial charge on any atom is 0.410 e. The first kappa shape index (κ1) is 28.4. The minimum absolute atomic E-state index is 0.0299. The van der Waals surface area contributed by atoms with Gasteiger partial charge in [-0.2, -0.15) is 13.2 Å². The van der Waals surface area contributed by atoms with Crippen LogP contribution in [0.1, 0.15) is 55.7 Å². The van der Waals surface area contributed by atoms with E-state index in [0.717, 1.165) is 42.4 Å². The summed E-state index contributed by atoms with van der Waals surface area (Å²) < 4.78 is 45.4. The Morgan fingerprint density at radius 1 is 1.10 bits per heavy atom. The number of nitrogens with one attached hydrogen (secondary N) is 3. The SMILES string of the molecule is CC1(N2C[C@@H](C(F)(F)F)NC2=O)CCc2cc(NC(=O)[C@@H](NC(=O)OCc3ccccc3)C(C3CC3)C3CC3)ccc21. The number of hydrogen-bond acceptors (Lipinski definition) is 4. The molecule has 3 N–H and O–H groups in total. The van der Waals surface area contributed by atoms with E-state index >= 15 is 0 Å². The Balaban J connectivity index is 1.16. The minimum atomic E-state index is -4.52. The number of alkyl halides is 3. The second-order valence-electron chi connectivity index (χ2n) is 12.2. The fourth-order valence-electron chi connectivity index (χ4n) is 6.69. The number of anilines is 1. The number of rotatable bonds is 9. The van der Waals surface area contributed by atoms with Crippen LogP contribution in [0.4, 0.5) is 28.4 Å². The average Bonchev–Trinajstić information content (AvgIpc) is 3.89. The minimum Gasteiger partial charge on any atom is -0.445 e. The van der Waals surface area contributed by atoms with Crippen LogP contribution in [0.3, 0.4) is 0 Å². The molecule has 0 aromatic heterocycles. The molecule has 11 heteroatoms. The fraction of sp³-hybridized carbons (Fsp3) is 0.516. The molecule has 0 bridgehead atoms. The highest BCUT2D eigenvalue weighted by Crippen LogP contribution is 2.51. The van der Waals surface area contributed by atoms with Gasteiger partial charge in [-0.15, -0.1) is 0 Å². The Morgan fingerprint density at radius 3 is 2.40 bits per heavy atom. The third-order valence-corrected chi connectivity index (χ3v) is 9.22. The molecule has 2 aromatic carbocycles. The number of nitrogens with zero attached hydrogens (tertiary/aromatic N) is 1. The van der Waals surface area contributed by atoms with E-state index in [2.05, 4.69) is 16.0 Å². The van der Waals surface area contributed by atoms with Crippen molar-refractivity contribution in [3.05, 3.63) is 65.2 Å². The maximum atomic E-state index is 13.7. The standard InChI is InChI=1S/C31H35F3N4O4/c1-30(38-16-24(31(32,33)34)36-28(38)40)14-13-21-15-22(11-12-23(21)30)35-27(39)26(25(19-7-8-19)20-9-10-20)37-29(41)42-17-18-5-3-2-4-6-18/h2-6,11-12,15,19-20,24-26H,7-10,13-14,16-17H2,1H3,(H,35,39)(H,36,40)(H,37,41)/t24-,26-,30?/m0/s1. The smallest absolute Gasteiger partial charge is 0.410 e. The lowest BCUT2D eigenvalue weighted by Crippen LogP contribution is -2.50. The number of carbonyl (C=O) groups excluding carboxylic acids is 3. The Morgan fingerprint density at radius 2 is 1.79 bits per heavy atom. The van der Waals surface area contributed by atoms with E-state index in [9.17, 15) is 27.6 Å². The molecule has 1 aliphatic heterocycles. The number of ether oxygens (including phenoxy) is 1. The second-order valence-corrected chi connectivity index (χ2v) is 12.2. The lowest BCUT2D eigenvalue weighted by atomic mass is 9.88. The van der Waals surface area contributed by atoms with E-state index in [0.29, 0.717) is 30.4 Å². The molecule has 2 saturated carbocycles. The van der Waals surface area contributed by atoms with Crippen molar-refractivity contribution >= 4 is 23.7 Å². The summed E-state index contributed by atoms with van der Waals surface area (Å²) >= 11 is 0. The highest BCUT2D eigenvalue weighted by molar-refractivity contribution is 5.97. The third-order valence-electron chi connectivity index (χ3n) is 9.22. The predicted octanol–water partition coefficient (Wildman–Crippen LogP) is 5.47. The average molecular weight is 585 g/mol. The van der Waals surface area contributed by atoms with Crippen LogP contribution in [-0.4, -0.2) is 47.7 Å². The van der Waals surface area contributed by atoms with Gasteiger partial charge in [0.1, 0.15) is 18.7 Å². The quantitative estimate of drug-likeness (QED) is 0.364. The van der Waals surface area contributed by atoms with Gasteiger partial charge in [0.15, 0.2) is 0 Å². The van der Waals surface area contributed by atoms with E-state index in [4.69, 9.17) is 4.74 Å².